The normalized spacial score (nSPS) is 13.9. The molecule has 1 heterocycles. The largest absolute Gasteiger partial charge is 0.452 e. The van der Waals surface area contributed by atoms with Crippen LogP contribution in [0.4, 0.5) is 0 Å². The van der Waals surface area contributed by atoms with Crippen molar-refractivity contribution >= 4 is 43.5 Å². The van der Waals surface area contributed by atoms with E-state index < -0.39 is 16.0 Å². The van der Waals surface area contributed by atoms with E-state index in [1.165, 1.54) is 18.2 Å². The van der Waals surface area contributed by atoms with Gasteiger partial charge in [0.15, 0.2) is 6.61 Å². The van der Waals surface area contributed by atoms with Crippen LogP contribution in [-0.4, -0.2) is 30.6 Å². The van der Waals surface area contributed by atoms with E-state index in [2.05, 4.69) is 30.8 Å². The maximum Gasteiger partial charge on any atom is 0.339 e. The van der Waals surface area contributed by atoms with Crippen molar-refractivity contribution in [2.24, 2.45) is 0 Å². The number of carbonyl (C=O) groups is 1. The second-order valence-corrected chi connectivity index (χ2v) is 9.64. The van der Waals surface area contributed by atoms with Gasteiger partial charge in [-0.25, -0.2) is 17.9 Å². The number of aromatic nitrogens is 2. The Balaban J connectivity index is 1.46. The fraction of sp³-hybridized carbons (Fsp3) is 0.211. The molecule has 0 unspecified atom stereocenters. The predicted octanol–water partition coefficient (Wildman–Crippen LogP) is 3.95. The molecule has 0 radical (unpaired) electrons. The summed E-state index contributed by atoms with van der Waals surface area (Å²) in [6, 6.07) is 11.1. The molecule has 4 rings (SSSR count). The minimum absolute atomic E-state index is 0.00872. The van der Waals surface area contributed by atoms with Gasteiger partial charge >= 0.3 is 5.97 Å². The average Bonchev–Trinajstić information content (AvgIpc) is 3.38. The molecule has 1 aliphatic rings. The van der Waals surface area contributed by atoms with Crippen molar-refractivity contribution in [3.05, 3.63) is 63.4 Å². The number of rotatable bonds is 7. The van der Waals surface area contributed by atoms with E-state index in [4.69, 9.17) is 20.9 Å². The summed E-state index contributed by atoms with van der Waals surface area (Å²) in [6.45, 7) is -0.268. The third-order valence-corrected chi connectivity index (χ3v) is 6.69. The van der Waals surface area contributed by atoms with Gasteiger partial charge in [0.2, 0.25) is 15.8 Å². The van der Waals surface area contributed by atoms with Gasteiger partial charge in [-0.2, -0.15) is 4.98 Å². The van der Waals surface area contributed by atoms with Crippen LogP contribution in [0.15, 0.2) is 56.4 Å². The number of hydrogen-bond donors (Lipinski definition) is 1. The quantitative estimate of drug-likeness (QED) is 0.477. The van der Waals surface area contributed by atoms with Crippen LogP contribution in [0.1, 0.15) is 29.1 Å². The summed E-state index contributed by atoms with van der Waals surface area (Å²) in [4.78, 5) is 16.7. The molecule has 156 valence electrons. The lowest BCUT2D eigenvalue weighted by Gasteiger charge is -2.09. The zero-order valence-corrected chi connectivity index (χ0v) is 18.5. The van der Waals surface area contributed by atoms with E-state index in [1.54, 1.807) is 24.3 Å². The van der Waals surface area contributed by atoms with Gasteiger partial charge < -0.3 is 9.26 Å². The molecular weight excluding hydrogens is 498 g/mol. The Kier molecular flexibility index (Phi) is 5.92. The Morgan fingerprint density at radius 3 is 2.80 bits per heavy atom. The number of ether oxygens (including phenoxy) is 1. The van der Waals surface area contributed by atoms with Gasteiger partial charge in [-0.15, -0.1) is 0 Å². The smallest absolute Gasteiger partial charge is 0.339 e. The van der Waals surface area contributed by atoms with E-state index in [9.17, 15) is 13.2 Å². The summed E-state index contributed by atoms with van der Waals surface area (Å²) in [5.74, 6) is -0.328. The number of hydrogen-bond acceptors (Lipinski definition) is 7. The summed E-state index contributed by atoms with van der Waals surface area (Å²) in [7, 11) is -3.70. The first-order valence-electron chi connectivity index (χ1n) is 8.89. The van der Waals surface area contributed by atoms with Crippen LogP contribution >= 0.6 is 27.5 Å². The molecule has 0 amide bonds. The first-order chi connectivity index (χ1) is 14.3. The van der Waals surface area contributed by atoms with Gasteiger partial charge in [-0.05, 0) is 59.1 Å². The molecule has 0 aliphatic heterocycles. The molecule has 3 aromatic rings. The minimum Gasteiger partial charge on any atom is -0.452 e. The Morgan fingerprint density at radius 1 is 1.27 bits per heavy atom. The zero-order chi connectivity index (χ0) is 21.3. The summed E-state index contributed by atoms with van der Waals surface area (Å²) < 4.78 is 38.1. The van der Waals surface area contributed by atoms with Crippen molar-refractivity contribution in [2.75, 3.05) is 0 Å². The van der Waals surface area contributed by atoms with Crippen LogP contribution < -0.4 is 4.72 Å². The van der Waals surface area contributed by atoms with Gasteiger partial charge in [0.05, 0.1) is 10.5 Å². The highest BCUT2D eigenvalue weighted by Gasteiger charge is 2.29. The third kappa shape index (κ3) is 4.89. The molecular formula is C19H15BrClN3O5S. The molecule has 0 atom stereocenters. The highest BCUT2D eigenvalue weighted by Crippen LogP contribution is 2.26. The number of nitrogens with zero attached hydrogens (tertiary/aromatic N) is 2. The van der Waals surface area contributed by atoms with Crippen molar-refractivity contribution in [1.82, 2.24) is 14.9 Å². The second-order valence-electron chi connectivity index (χ2n) is 6.64. The molecule has 0 spiro atoms. The monoisotopic (exact) mass is 511 g/mol. The summed E-state index contributed by atoms with van der Waals surface area (Å²) in [5.41, 5.74) is 0.732. The van der Waals surface area contributed by atoms with Crippen molar-refractivity contribution < 1.29 is 22.5 Å². The van der Waals surface area contributed by atoms with Crippen molar-refractivity contribution in [2.45, 2.75) is 30.4 Å². The third-order valence-electron chi connectivity index (χ3n) is 4.24. The van der Waals surface area contributed by atoms with Crippen LogP contribution in [0.25, 0.3) is 11.4 Å². The molecule has 11 heteroatoms. The van der Waals surface area contributed by atoms with Crippen molar-refractivity contribution in [1.29, 1.82) is 0 Å². The van der Waals surface area contributed by atoms with Gasteiger partial charge in [-0.3, -0.25) is 0 Å². The first kappa shape index (κ1) is 21.0. The maximum atomic E-state index is 12.5. The van der Waals surface area contributed by atoms with Crippen LogP contribution in [0, 0.1) is 0 Å². The number of esters is 1. The molecule has 1 aromatic heterocycles. The standard InChI is InChI=1S/C19H15BrClN3O5S/c20-16-7-6-14(30(26,27)24-13-4-5-13)9-15(16)19(25)28-10-17-22-18(23-29-17)11-2-1-3-12(21)8-11/h1-3,6-9,13,24H,4-5,10H2. The van der Waals surface area contributed by atoms with Crippen LogP contribution in [0.3, 0.4) is 0 Å². The van der Waals surface area contributed by atoms with Crippen molar-refractivity contribution in [3.8, 4) is 11.4 Å². The van der Waals surface area contributed by atoms with E-state index in [0.29, 0.717) is 20.9 Å². The lowest BCUT2D eigenvalue weighted by Crippen LogP contribution is -2.26. The van der Waals surface area contributed by atoms with E-state index in [0.717, 1.165) is 12.8 Å². The summed E-state index contributed by atoms with van der Waals surface area (Å²) >= 11 is 9.20. The first-order valence-corrected chi connectivity index (χ1v) is 11.5. The molecule has 30 heavy (non-hydrogen) atoms. The number of sulfonamides is 1. The van der Waals surface area contributed by atoms with Crippen LogP contribution in [0.2, 0.25) is 5.02 Å². The SMILES string of the molecule is O=C(OCc1nc(-c2cccc(Cl)c2)no1)c1cc(S(=O)(=O)NC2CC2)ccc1Br. The van der Waals surface area contributed by atoms with Gasteiger partial charge in [0, 0.05) is 21.1 Å². The molecule has 1 saturated carbocycles. The second kappa shape index (κ2) is 8.46. The zero-order valence-electron chi connectivity index (χ0n) is 15.3. The summed E-state index contributed by atoms with van der Waals surface area (Å²) in [5, 5.41) is 4.37. The lowest BCUT2D eigenvalue weighted by molar-refractivity contribution is 0.0428. The van der Waals surface area contributed by atoms with Gasteiger partial charge in [-0.1, -0.05) is 28.9 Å². The van der Waals surface area contributed by atoms with Crippen molar-refractivity contribution in [3.63, 3.8) is 0 Å². The molecule has 0 saturated heterocycles. The maximum absolute atomic E-state index is 12.5. The van der Waals surface area contributed by atoms with E-state index >= 15 is 0 Å². The topological polar surface area (TPSA) is 111 Å². The van der Waals surface area contributed by atoms with Gasteiger partial charge in [0.25, 0.3) is 5.89 Å². The average molecular weight is 513 g/mol. The molecule has 1 fully saturated rings. The van der Waals surface area contributed by atoms with Gasteiger partial charge in [0.1, 0.15) is 0 Å². The molecule has 8 nitrogen and oxygen atoms in total. The Hall–Kier alpha value is -2.27. The fourth-order valence-corrected chi connectivity index (χ4v) is 4.51. The fourth-order valence-electron chi connectivity index (χ4n) is 2.58. The van der Waals surface area contributed by atoms with Crippen LogP contribution in [0.5, 0.6) is 0 Å². The number of carbonyl (C=O) groups excluding carboxylic acids is 1. The Bertz CT molecular complexity index is 1210. The van der Waals surface area contributed by atoms with E-state index in [1.807, 2.05) is 0 Å². The molecule has 1 N–H and O–H groups in total. The molecule has 2 aromatic carbocycles. The summed E-state index contributed by atoms with van der Waals surface area (Å²) in [6.07, 6.45) is 1.62. The van der Waals surface area contributed by atoms with Crippen LogP contribution in [-0.2, 0) is 21.4 Å². The minimum atomic E-state index is -3.70. The highest BCUT2D eigenvalue weighted by atomic mass is 79.9. The van der Waals surface area contributed by atoms with E-state index in [-0.39, 0.29) is 29.0 Å². The Labute approximate surface area is 185 Å². The number of nitrogens with one attached hydrogen (secondary N) is 1. The predicted molar refractivity (Wildman–Crippen MR) is 111 cm³/mol. The highest BCUT2D eigenvalue weighted by molar-refractivity contribution is 9.10. The molecule has 1 aliphatic carbocycles. The number of benzene rings is 2. The number of halogens is 2. The Morgan fingerprint density at radius 2 is 2.07 bits per heavy atom. The molecule has 0 bridgehead atoms. The lowest BCUT2D eigenvalue weighted by atomic mass is 10.2.